The molecule has 98 valence electrons. The molecule has 0 spiro atoms. The molecule has 0 bridgehead atoms. The number of aromatic nitrogens is 1. The van der Waals surface area contributed by atoms with Crippen LogP contribution in [0.2, 0.25) is 0 Å². The summed E-state index contributed by atoms with van der Waals surface area (Å²) in [4.78, 5) is 26.6. The number of carboxylic acid groups (broad SMARTS) is 1. The summed E-state index contributed by atoms with van der Waals surface area (Å²) < 4.78 is 5.15. The third-order valence-corrected chi connectivity index (χ3v) is 3.52. The molecule has 1 aromatic rings. The van der Waals surface area contributed by atoms with Gasteiger partial charge in [-0.3, -0.25) is 4.79 Å². The Morgan fingerprint density at radius 2 is 2.28 bits per heavy atom. The van der Waals surface area contributed by atoms with Crippen molar-refractivity contribution in [2.45, 2.75) is 38.5 Å². The highest BCUT2D eigenvalue weighted by Gasteiger charge is 2.34. The third-order valence-electron chi connectivity index (χ3n) is 2.70. The third kappa shape index (κ3) is 3.05. The van der Waals surface area contributed by atoms with E-state index >= 15 is 0 Å². The van der Waals surface area contributed by atoms with Crippen LogP contribution >= 0.6 is 11.3 Å². The van der Waals surface area contributed by atoms with E-state index in [9.17, 15) is 9.59 Å². The zero-order chi connectivity index (χ0) is 13.1. The van der Waals surface area contributed by atoms with E-state index in [4.69, 9.17) is 9.84 Å². The van der Waals surface area contributed by atoms with Crippen molar-refractivity contribution in [1.82, 2.24) is 10.3 Å². The van der Waals surface area contributed by atoms with Crippen LogP contribution < -0.4 is 5.32 Å². The molecule has 2 heterocycles. The fraction of sp³-hybridized carbons (Fsp3) is 0.545. The van der Waals surface area contributed by atoms with Crippen molar-refractivity contribution in [3.63, 3.8) is 0 Å². The summed E-state index contributed by atoms with van der Waals surface area (Å²) >= 11 is 1.52. The summed E-state index contributed by atoms with van der Waals surface area (Å²) in [5.74, 6) is -1.29. The monoisotopic (exact) mass is 270 g/mol. The van der Waals surface area contributed by atoms with Crippen LogP contribution in [0.3, 0.4) is 0 Å². The first-order chi connectivity index (χ1) is 8.56. The van der Waals surface area contributed by atoms with E-state index in [-0.39, 0.29) is 5.91 Å². The van der Waals surface area contributed by atoms with Crippen molar-refractivity contribution >= 4 is 23.2 Å². The van der Waals surface area contributed by atoms with Gasteiger partial charge in [0, 0.05) is 5.38 Å². The molecule has 0 aromatic carbocycles. The van der Waals surface area contributed by atoms with Crippen LogP contribution in [0.5, 0.6) is 0 Å². The molecular formula is C11H14N2O4S. The molecule has 2 atom stereocenters. The molecule has 1 aliphatic rings. The maximum atomic E-state index is 11.7. The standard InChI is InChI=1S/C11H14N2O4S/c1-6-13-7(5-18-6)4-12-10(14)8-2-3-9(17-8)11(15)16/h5,8-9H,2-4H2,1H3,(H,12,14)(H,15,16)/t8-,9+/m0/s1. The van der Waals surface area contributed by atoms with Crippen molar-refractivity contribution in [3.8, 4) is 0 Å². The number of nitrogens with zero attached hydrogens (tertiary/aromatic N) is 1. The molecule has 0 radical (unpaired) electrons. The molecule has 0 aliphatic carbocycles. The lowest BCUT2D eigenvalue weighted by molar-refractivity contribution is -0.151. The van der Waals surface area contributed by atoms with E-state index in [0.29, 0.717) is 19.4 Å². The summed E-state index contributed by atoms with van der Waals surface area (Å²) in [6, 6.07) is 0. The number of carbonyl (C=O) groups excluding carboxylic acids is 1. The minimum absolute atomic E-state index is 0.274. The predicted molar refractivity (Wildman–Crippen MR) is 64.2 cm³/mol. The zero-order valence-corrected chi connectivity index (χ0v) is 10.7. The molecule has 0 unspecified atom stereocenters. The topological polar surface area (TPSA) is 88.5 Å². The summed E-state index contributed by atoms with van der Waals surface area (Å²) in [5.41, 5.74) is 0.804. The van der Waals surface area contributed by atoms with Gasteiger partial charge in [0.2, 0.25) is 5.91 Å². The number of carbonyl (C=O) groups is 2. The fourth-order valence-corrected chi connectivity index (χ4v) is 2.41. The van der Waals surface area contributed by atoms with Gasteiger partial charge in [-0.05, 0) is 19.8 Å². The van der Waals surface area contributed by atoms with Crippen molar-refractivity contribution in [2.75, 3.05) is 0 Å². The molecule has 0 saturated carbocycles. The molecule has 1 aliphatic heterocycles. The summed E-state index contributed by atoms with van der Waals surface area (Å²) in [7, 11) is 0. The number of aliphatic carboxylic acids is 1. The molecule has 18 heavy (non-hydrogen) atoms. The second-order valence-corrected chi connectivity index (χ2v) is 5.17. The maximum absolute atomic E-state index is 11.7. The Hall–Kier alpha value is -1.47. The lowest BCUT2D eigenvalue weighted by Crippen LogP contribution is -2.35. The molecule has 1 aromatic heterocycles. The Bertz CT molecular complexity index is 460. The van der Waals surface area contributed by atoms with E-state index in [1.54, 1.807) is 0 Å². The minimum atomic E-state index is -1.01. The first kappa shape index (κ1) is 13.0. The summed E-state index contributed by atoms with van der Waals surface area (Å²) in [5, 5.41) is 14.3. The average molecular weight is 270 g/mol. The molecule has 6 nitrogen and oxygen atoms in total. The zero-order valence-electron chi connectivity index (χ0n) is 9.88. The number of rotatable bonds is 4. The Labute approximate surface area is 108 Å². The van der Waals surface area contributed by atoms with Gasteiger partial charge >= 0.3 is 5.97 Å². The molecule has 1 fully saturated rings. The molecule has 2 N–H and O–H groups in total. The van der Waals surface area contributed by atoms with E-state index in [0.717, 1.165) is 10.7 Å². The average Bonchev–Trinajstić information content (AvgIpc) is 2.94. The predicted octanol–water partition coefficient (Wildman–Crippen LogP) is 0.700. The first-order valence-electron chi connectivity index (χ1n) is 5.63. The van der Waals surface area contributed by atoms with Gasteiger partial charge < -0.3 is 15.2 Å². The minimum Gasteiger partial charge on any atom is -0.479 e. The van der Waals surface area contributed by atoms with Crippen LogP contribution in [-0.4, -0.2) is 34.2 Å². The van der Waals surface area contributed by atoms with E-state index in [2.05, 4.69) is 10.3 Å². The van der Waals surface area contributed by atoms with Crippen LogP contribution in [-0.2, 0) is 20.9 Å². The molecule has 2 rings (SSSR count). The summed E-state index contributed by atoms with van der Waals surface area (Å²) in [6.07, 6.45) is -0.699. The van der Waals surface area contributed by atoms with Gasteiger partial charge in [0.25, 0.3) is 0 Å². The highest BCUT2D eigenvalue weighted by atomic mass is 32.1. The SMILES string of the molecule is Cc1nc(CNC(=O)[C@@H]2CC[C@H](C(=O)O)O2)cs1. The largest absolute Gasteiger partial charge is 0.479 e. The molecule has 7 heteroatoms. The van der Waals surface area contributed by atoms with E-state index in [1.165, 1.54) is 11.3 Å². The number of hydrogen-bond donors (Lipinski definition) is 2. The Kier molecular flexibility index (Phi) is 3.93. The van der Waals surface area contributed by atoms with Crippen LogP contribution in [0.1, 0.15) is 23.5 Å². The fourth-order valence-electron chi connectivity index (χ4n) is 1.79. The van der Waals surface area contributed by atoms with Gasteiger partial charge in [0.15, 0.2) is 6.10 Å². The van der Waals surface area contributed by atoms with Gasteiger partial charge in [0.1, 0.15) is 6.10 Å². The lowest BCUT2D eigenvalue weighted by atomic mass is 10.2. The van der Waals surface area contributed by atoms with Crippen LogP contribution in [0.15, 0.2) is 5.38 Å². The quantitative estimate of drug-likeness (QED) is 0.840. The Morgan fingerprint density at radius 1 is 1.56 bits per heavy atom. The molecular weight excluding hydrogens is 256 g/mol. The number of thiazole rings is 1. The number of carboxylic acids is 1. The Morgan fingerprint density at radius 3 is 2.83 bits per heavy atom. The lowest BCUT2D eigenvalue weighted by Gasteiger charge is -2.10. The van der Waals surface area contributed by atoms with Crippen molar-refractivity contribution in [1.29, 1.82) is 0 Å². The molecule has 1 amide bonds. The van der Waals surface area contributed by atoms with Gasteiger partial charge in [0.05, 0.1) is 17.2 Å². The van der Waals surface area contributed by atoms with Gasteiger partial charge in [-0.1, -0.05) is 0 Å². The molecule has 1 saturated heterocycles. The van der Waals surface area contributed by atoms with Gasteiger partial charge in [-0.25, -0.2) is 9.78 Å². The van der Waals surface area contributed by atoms with Crippen molar-refractivity contribution in [3.05, 3.63) is 16.1 Å². The van der Waals surface area contributed by atoms with Gasteiger partial charge in [-0.2, -0.15) is 0 Å². The highest BCUT2D eigenvalue weighted by Crippen LogP contribution is 2.20. The van der Waals surface area contributed by atoms with Crippen molar-refractivity contribution in [2.24, 2.45) is 0 Å². The van der Waals surface area contributed by atoms with Gasteiger partial charge in [-0.15, -0.1) is 11.3 Å². The van der Waals surface area contributed by atoms with Crippen LogP contribution in [0, 0.1) is 6.92 Å². The maximum Gasteiger partial charge on any atom is 0.332 e. The van der Waals surface area contributed by atoms with Crippen LogP contribution in [0.4, 0.5) is 0 Å². The Balaban J connectivity index is 1.80. The number of ether oxygens (including phenoxy) is 1. The normalized spacial score (nSPS) is 22.9. The van der Waals surface area contributed by atoms with E-state index < -0.39 is 18.2 Å². The number of hydrogen-bond acceptors (Lipinski definition) is 5. The summed E-state index contributed by atoms with van der Waals surface area (Å²) in [6.45, 7) is 2.24. The van der Waals surface area contributed by atoms with Crippen molar-refractivity contribution < 1.29 is 19.4 Å². The van der Waals surface area contributed by atoms with Crippen LogP contribution in [0.25, 0.3) is 0 Å². The second-order valence-electron chi connectivity index (χ2n) is 4.10. The highest BCUT2D eigenvalue weighted by molar-refractivity contribution is 7.09. The first-order valence-corrected chi connectivity index (χ1v) is 6.51. The smallest absolute Gasteiger partial charge is 0.332 e. The number of aryl methyl sites for hydroxylation is 1. The number of amides is 1. The number of nitrogens with one attached hydrogen (secondary N) is 1. The van der Waals surface area contributed by atoms with E-state index in [1.807, 2.05) is 12.3 Å². The second kappa shape index (κ2) is 5.45.